The van der Waals surface area contributed by atoms with Gasteiger partial charge in [-0.25, -0.2) is 0 Å². The van der Waals surface area contributed by atoms with Gasteiger partial charge in [-0.15, -0.1) is 0 Å². The molecule has 2 atom stereocenters. The summed E-state index contributed by atoms with van der Waals surface area (Å²) in [5, 5.41) is 0. The van der Waals surface area contributed by atoms with Crippen molar-refractivity contribution in [1.82, 2.24) is 0 Å². The molecule has 1 unspecified atom stereocenters. The van der Waals surface area contributed by atoms with Gasteiger partial charge in [-0.2, -0.15) is 0 Å². The molecule has 0 spiro atoms. The Hall–Kier alpha value is -2.55. The number of quaternary nitrogens is 1. The Morgan fingerprint density at radius 2 is 1.04 bits per heavy atom. The summed E-state index contributed by atoms with van der Waals surface area (Å²) in [7, 11) is 1.11. The number of hydrogen-bond acceptors (Lipinski definition) is 8. The molecule has 0 aromatic rings. The smallest absolute Gasteiger partial charge is 0.306 e. The highest BCUT2D eigenvalue weighted by atomic mass is 31.2. The molecule has 0 aliphatic rings. The first-order valence-electron chi connectivity index (χ1n) is 21.6. The Morgan fingerprint density at radius 3 is 1.57 bits per heavy atom. The third-order valence-electron chi connectivity index (χ3n) is 8.71. The van der Waals surface area contributed by atoms with Crippen molar-refractivity contribution in [3.8, 4) is 0 Å². The molecule has 9 nitrogen and oxygen atoms in total. The molecule has 0 aliphatic carbocycles. The first-order chi connectivity index (χ1) is 27.0. The molecule has 0 amide bonds. The maximum absolute atomic E-state index is 12.6. The number of rotatable bonds is 38. The lowest BCUT2D eigenvalue weighted by atomic mass is 10.1. The zero-order valence-electron chi connectivity index (χ0n) is 36.1. The lowest BCUT2D eigenvalue weighted by molar-refractivity contribution is -0.870. The predicted octanol–water partition coefficient (Wildman–Crippen LogP) is 11.6. The fraction of sp³-hybridized carbons (Fsp3) is 0.696. The van der Waals surface area contributed by atoms with Crippen LogP contribution in [0, 0.1) is 0 Å². The molecule has 322 valence electrons. The van der Waals surface area contributed by atoms with Gasteiger partial charge >= 0.3 is 11.9 Å². The zero-order valence-corrected chi connectivity index (χ0v) is 36.9. The van der Waals surface area contributed by atoms with E-state index in [1.807, 2.05) is 21.1 Å². The fourth-order valence-corrected chi connectivity index (χ4v) is 6.06. The van der Waals surface area contributed by atoms with Gasteiger partial charge in [0.1, 0.15) is 19.8 Å². The van der Waals surface area contributed by atoms with Gasteiger partial charge in [0.2, 0.25) is 0 Å². The van der Waals surface area contributed by atoms with Crippen molar-refractivity contribution in [3.63, 3.8) is 0 Å². The average Bonchev–Trinajstić information content (AvgIpc) is 3.15. The van der Waals surface area contributed by atoms with E-state index in [-0.39, 0.29) is 26.1 Å². The number of ether oxygens (including phenoxy) is 2. The maximum atomic E-state index is 12.6. The SMILES string of the molecule is CC/C=C/C/C=C/C/C=C/C/C=C/CCCCC(=O)OC[C@H](COP(=O)([O-])OCC[N+](C)(C)C)OC(=O)CCC/C=C/C/C=C/CCCCCCCCCCC. The van der Waals surface area contributed by atoms with Crippen LogP contribution in [0.15, 0.2) is 72.9 Å². The summed E-state index contributed by atoms with van der Waals surface area (Å²) in [6.45, 7) is 3.99. The van der Waals surface area contributed by atoms with Gasteiger partial charge in [0.25, 0.3) is 7.82 Å². The second-order valence-corrected chi connectivity index (χ2v) is 16.7. The summed E-state index contributed by atoms with van der Waals surface area (Å²) < 4.78 is 33.8. The summed E-state index contributed by atoms with van der Waals surface area (Å²) in [6.07, 6.45) is 46.6. The highest BCUT2D eigenvalue weighted by Gasteiger charge is 2.21. The molecule has 0 bridgehead atoms. The first-order valence-corrected chi connectivity index (χ1v) is 23.1. The van der Waals surface area contributed by atoms with E-state index in [9.17, 15) is 19.0 Å². The normalized spacial score (nSPS) is 14.3. The van der Waals surface area contributed by atoms with Crippen molar-refractivity contribution >= 4 is 19.8 Å². The van der Waals surface area contributed by atoms with Crippen LogP contribution < -0.4 is 4.89 Å². The van der Waals surface area contributed by atoms with E-state index in [1.54, 1.807) is 0 Å². The summed E-state index contributed by atoms with van der Waals surface area (Å²) in [6, 6.07) is 0. The van der Waals surface area contributed by atoms with Crippen molar-refractivity contribution in [2.24, 2.45) is 0 Å². The molecule has 0 aromatic carbocycles. The molecule has 0 saturated carbocycles. The van der Waals surface area contributed by atoms with Crippen molar-refractivity contribution in [1.29, 1.82) is 0 Å². The minimum atomic E-state index is -4.65. The summed E-state index contributed by atoms with van der Waals surface area (Å²) in [4.78, 5) is 37.5. The number of nitrogens with zero attached hydrogens (tertiary/aromatic N) is 1. The minimum absolute atomic E-state index is 0.0484. The third-order valence-corrected chi connectivity index (χ3v) is 9.67. The van der Waals surface area contributed by atoms with Crippen LogP contribution in [-0.2, 0) is 32.7 Å². The van der Waals surface area contributed by atoms with Gasteiger partial charge in [-0.1, -0.05) is 138 Å². The molecule has 0 saturated heterocycles. The van der Waals surface area contributed by atoms with Gasteiger partial charge in [-0.3, -0.25) is 14.2 Å². The number of carbonyl (C=O) groups is 2. The highest BCUT2D eigenvalue weighted by molar-refractivity contribution is 7.45. The second-order valence-electron chi connectivity index (χ2n) is 15.3. The topological polar surface area (TPSA) is 111 Å². The Bertz CT molecular complexity index is 1180. The Labute approximate surface area is 342 Å². The van der Waals surface area contributed by atoms with Gasteiger partial charge in [0, 0.05) is 12.8 Å². The van der Waals surface area contributed by atoms with E-state index in [2.05, 4.69) is 86.8 Å². The van der Waals surface area contributed by atoms with E-state index >= 15 is 0 Å². The maximum Gasteiger partial charge on any atom is 0.306 e. The molecule has 0 rings (SSSR count). The first kappa shape index (κ1) is 53.5. The molecule has 0 fully saturated rings. The number of unbranched alkanes of at least 4 members (excludes halogenated alkanes) is 12. The molecular weight excluding hydrogens is 725 g/mol. The molecule has 0 N–H and O–H groups in total. The van der Waals surface area contributed by atoms with Crippen molar-refractivity contribution in [2.45, 2.75) is 161 Å². The van der Waals surface area contributed by atoms with Crippen LogP contribution in [0.5, 0.6) is 0 Å². The fourth-order valence-electron chi connectivity index (χ4n) is 5.33. The summed E-state index contributed by atoms with van der Waals surface area (Å²) >= 11 is 0. The number of phosphoric acid groups is 1. The van der Waals surface area contributed by atoms with E-state index < -0.39 is 32.5 Å². The minimum Gasteiger partial charge on any atom is -0.756 e. The van der Waals surface area contributed by atoms with E-state index in [1.165, 1.54) is 57.8 Å². The molecule has 56 heavy (non-hydrogen) atoms. The van der Waals surface area contributed by atoms with Crippen LogP contribution in [-0.4, -0.2) is 70.0 Å². The van der Waals surface area contributed by atoms with E-state index in [0.29, 0.717) is 30.3 Å². The number of esters is 2. The Morgan fingerprint density at radius 1 is 0.571 bits per heavy atom. The van der Waals surface area contributed by atoms with Crippen LogP contribution in [0.25, 0.3) is 0 Å². The average molecular weight is 806 g/mol. The van der Waals surface area contributed by atoms with Crippen LogP contribution in [0.1, 0.15) is 155 Å². The summed E-state index contributed by atoms with van der Waals surface area (Å²) in [5.74, 6) is -0.943. The van der Waals surface area contributed by atoms with Crippen LogP contribution >= 0.6 is 7.82 Å². The van der Waals surface area contributed by atoms with Gasteiger partial charge < -0.3 is 27.9 Å². The molecule has 0 heterocycles. The van der Waals surface area contributed by atoms with Crippen LogP contribution in [0.2, 0.25) is 0 Å². The van der Waals surface area contributed by atoms with E-state index in [0.717, 1.165) is 51.4 Å². The van der Waals surface area contributed by atoms with Gasteiger partial charge in [0.05, 0.1) is 27.7 Å². The number of phosphoric ester groups is 1. The lowest BCUT2D eigenvalue weighted by Gasteiger charge is -2.28. The quantitative estimate of drug-likeness (QED) is 0.0199. The van der Waals surface area contributed by atoms with Crippen molar-refractivity contribution in [3.05, 3.63) is 72.9 Å². The number of hydrogen-bond donors (Lipinski definition) is 0. The number of likely N-dealkylation sites (N-methyl/N-ethyl adjacent to an activating group) is 1. The highest BCUT2D eigenvalue weighted by Crippen LogP contribution is 2.38. The molecule has 10 heteroatoms. The molecule has 0 aromatic heterocycles. The largest absolute Gasteiger partial charge is 0.756 e. The molecule has 0 aliphatic heterocycles. The van der Waals surface area contributed by atoms with Crippen molar-refractivity contribution in [2.75, 3.05) is 47.5 Å². The second kappa shape index (κ2) is 38.0. The third kappa shape index (κ3) is 41.1. The monoisotopic (exact) mass is 806 g/mol. The number of carbonyl (C=O) groups excluding carboxylic acids is 2. The summed E-state index contributed by atoms with van der Waals surface area (Å²) in [5.41, 5.74) is 0. The van der Waals surface area contributed by atoms with Crippen molar-refractivity contribution < 1.29 is 42.1 Å². The predicted molar refractivity (Wildman–Crippen MR) is 231 cm³/mol. The Balaban J connectivity index is 4.52. The van der Waals surface area contributed by atoms with Crippen LogP contribution in [0.4, 0.5) is 0 Å². The van der Waals surface area contributed by atoms with Gasteiger partial charge in [0.15, 0.2) is 6.10 Å². The zero-order chi connectivity index (χ0) is 41.4. The lowest BCUT2D eigenvalue weighted by Crippen LogP contribution is -2.37. The molecular formula is C46H80NO8P. The Kier molecular flexibility index (Phi) is 36.3. The van der Waals surface area contributed by atoms with Crippen LogP contribution in [0.3, 0.4) is 0 Å². The molecule has 0 radical (unpaired) electrons. The number of allylic oxidation sites excluding steroid dienone is 12. The standard InChI is InChI=1S/C46H80NO8P/c1-6-8-10-12-14-16-18-20-22-23-25-27-29-31-33-35-37-39-46(49)55-44(43-54-56(50,51)53-41-40-47(3,4)5)42-52-45(48)38-36-34-32-30-28-26-24-21-19-17-15-13-11-9-7-2/h9,11,15,17,21,24-25,27-28,30-31,33,44H,6-8,10,12-14,16,18-20,22-23,26,29,32,34-43H2,1-5H3/b11-9+,17-15+,24-21+,27-25+,30-28+,33-31+/t44-/m1/s1. The van der Waals surface area contributed by atoms with Gasteiger partial charge in [-0.05, 0) is 77.0 Å². The van der Waals surface area contributed by atoms with E-state index in [4.69, 9.17) is 18.5 Å².